The molecule has 0 saturated carbocycles. The third kappa shape index (κ3) is 2.14. The van der Waals surface area contributed by atoms with Crippen LogP contribution in [0, 0.1) is 6.92 Å². The highest BCUT2D eigenvalue weighted by molar-refractivity contribution is 5.92. The molecule has 1 saturated heterocycles. The molecule has 0 spiro atoms. The van der Waals surface area contributed by atoms with Gasteiger partial charge in [0.1, 0.15) is 6.10 Å². The van der Waals surface area contributed by atoms with Crippen LogP contribution in [0.4, 0.5) is 0 Å². The number of ether oxygens (including phenoxy) is 1. The van der Waals surface area contributed by atoms with Crippen molar-refractivity contribution >= 4 is 5.97 Å². The second-order valence-electron chi connectivity index (χ2n) is 5.15. The summed E-state index contributed by atoms with van der Waals surface area (Å²) in [4.78, 5) is 11.9. The minimum absolute atomic E-state index is 0.106. The minimum Gasteiger partial charge on any atom is -0.453 e. The van der Waals surface area contributed by atoms with Crippen LogP contribution in [0.5, 0.6) is 0 Å². The topological polar surface area (TPSA) is 26.3 Å². The van der Waals surface area contributed by atoms with Gasteiger partial charge in [0.2, 0.25) is 0 Å². The third-order valence-electron chi connectivity index (χ3n) is 3.74. The molecule has 20 heavy (non-hydrogen) atoms. The smallest absolute Gasteiger partial charge is 0.334 e. The Morgan fingerprint density at radius 1 is 0.950 bits per heavy atom. The molecule has 0 aliphatic carbocycles. The van der Waals surface area contributed by atoms with Crippen LogP contribution < -0.4 is 0 Å². The highest BCUT2D eigenvalue weighted by Gasteiger charge is 2.40. The average Bonchev–Trinajstić information content (AvgIpc) is 2.77. The lowest BCUT2D eigenvalue weighted by molar-refractivity contribution is -0.139. The maximum atomic E-state index is 11.9. The maximum absolute atomic E-state index is 11.9. The summed E-state index contributed by atoms with van der Waals surface area (Å²) >= 11 is 0. The Hall–Kier alpha value is -2.35. The van der Waals surface area contributed by atoms with Gasteiger partial charge < -0.3 is 4.74 Å². The normalized spacial score (nSPS) is 21.9. The fraction of sp³-hybridized carbons (Fsp3) is 0.167. The number of benzene rings is 2. The van der Waals surface area contributed by atoms with Crippen LogP contribution in [-0.2, 0) is 9.53 Å². The molecule has 1 aliphatic rings. The van der Waals surface area contributed by atoms with E-state index in [4.69, 9.17) is 4.74 Å². The summed E-state index contributed by atoms with van der Waals surface area (Å²) in [5, 5.41) is 0. The largest absolute Gasteiger partial charge is 0.453 e. The van der Waals surface area contributed by atoms with Crippen molar-refractivity contribution in [1.82, 2.24) is 0 Å². The van der Waals surface area contributed by atoms with Gasteiger partial charge >= 0.3 is 5.97 Å². The monoisotopic (exact) mass is 264 g/mol. The zero-order valence-electron chi connectivity index (χ0n) is 11.4. The van der Waals surface area contributed by atoms with Crippen LogP contribution in [0.1, 0.15) is 28.7 Å². The first kappa shape index (κ1) is 12.7. The van der Waals surface area contributed by atoms with Crippen molar-refractivity contribution in [2.75, 3.05) is 0 Å². The van der Waals surface area contributed by atoms with Gasteiger partial charge in [0.25, 0.3) is 0 Å². The van der Waals surface area contributed by atoms with Crippen molar-refractivity contribution in [3.63, 3.8) is 0 Å². The summed E-state index contributed by atoms with van der Waals surface area (Å²) < 4.78 is 5.52. The Bertz CT molecular complexity index is 641. The number of cyclic esters (lactones) is 1. The van der Waals surface area contributed by atoms with Gasteiger partial charge in [0.15, 0.2) is 0 Å². The Kier molecular flexibility index (Phi) is 3.15. The predicted octanol–water partition coefficient (Wildman–Crippen LogP) is 3.93. The minimum atomic E-state index is -0.301. The molecule has 0 aromatic heterocycles. The van der Waals surface area contributed by atoms with Gasteiger partial charge in [0.05, 0.1) is 5.92 Å². The van der Waals surface area contributed by atoms with Crippen LogP contribution in [0.3, 0.4) is 0 Å². The van der Waals surface area contributed by atoms with Gasteiger partial charge in [-0.3, -0.25) is 0 Å². The van der Waals surface area contributed by atoms with Crippen molar-refractivity contribution in [3.05, 3.63) is 83.4 Å². The van der Waals surface area contributed by atoms with E-state index >= 15 is 0 Å². The van der Waals surface area contributed by atoms with Gasteiger partial charge in [-0.15, -0.1) is 0 Å². The fourth-order valence-corrected chi connectivity index (χ4v) is 2.62. The number of hydrogen-bond donors (Lipinski definition) is 0. The SMILES string of the molecule is C=C1C(=O)OC(c2ccccc2)C1c1ccc(C)cc1. The first-order valence-corrected chi connectivity index (χ1v) is 6.68. The lowest BCUT2D eigenvalue weighted by Gasteiger charge is -2.18. The van der Waals surface area contributed by atoms with Gasteiger partial charge in [-0.05, 0) is 18.1 Å². The quantitative estimate of drug-likeness (QED) is 0.606. The van der Waals surface area contributed by atoms with E-state index in [1.807, 2.05) is 61.5 Å². The number of carbonyl (C=O) groups is 1. The number of aryl methyl sites for hydroxylation is 1. The molecule has 2 heteroatoms. The van der Waals surface area contributed by atoms with E-state index in [2.05, 4.69) is 6.58 Å². The summed E-state index contributed by atoms with van der Waals surface area (Å²) in [5.74, 6) is -0.407. The van der Waals surface area contributed by atoms with E-state index in [1.54, 1.807) is 0 Å². The molecule has 0 bridgehead atoms. The molecule has 3 rings (SSSR count). The molecule has 2 atom stereocenters. The molecule has 2 nitrogen and oxygen atoms in total. The zero-order chi connectivity index (χ0) is 14.1. The van der Waals surface area contributed by atoms with Crippen molar-refractivity contribution < 1.29 is 9.53 Å². The summed E-state index contributed by atoms with van der Waals surface area (Å²) in [6.45, 7) is 5.96. The van der Waals surface area contributed by atoms with E-state index in [1.165, 1.54) is 5.56 Å². The number of rotatable bonds is 2. The molecular formula is C18H16O2. The van der Waals surface area contributed by atoms with Gasteiger partial charge in [-0.25, -0.2) is 4.79 Å². The van der Waals surface area contributed by atoms with Crippen LogP contribution in [-0.4, -0.2) is 5.97 Å². The first-order chi connectivity index (χ1) is 9.66. The second-order valence-corrected chi connectivity index (χ2v) is 5.15. The van der Waals surface area contributed by atoms with Crippen LogP contribution in [0.25, 0.3) is 0 Å². The molecule has 0 N–H and O–H groups in total. The van der Waals surface area contributed by atoms with Gasteiger partial charge in [-0.1, -0.05) is 66.7 Å². The molecule has 1 heterocycles. The van der Waals surface area contributed by atoms with Gasteiger partial charge in [0, 0.05) is 5.57 Å². The lowest BCUT2D eigenvalue weighted by atomic mass is 9.86. The van der Waals surface area contributed by atoms with E-state index in [9.17, 15) is 4.79 Å². The van der Waals surface area contributed by atoms with Crippen LogP contribution >= 0.6 is 0 Å². The Balaban J connectivity index is 2.03. The predicted molar refractivity (Wildman–Crippen MR) is 78.3 cm³/mol. The summed E-state index contributed by atoms with van der Waals surface area (Å²) in [6.07, 6.45) is -0.279. The molecular weight excluding hydrogens is 248 g/mol. The first-order valence-electron chi connectivity index (χ1n) is 6.68. The molecule has 2 aromatic carbocycles. The highest BCUT2D eigenvalue weighted by Crippen LogP contribution is 2.44. The summed E-state index contributed by atoms with van der Waals surface area (Å²) in [7, 11) is 0. The Morgan fingerprint density at radius 3 is 2.25 bits per heavy atom. The molecule has 2 aromatic rings. The number of hydrogen-bond acceptors (Lipinski definition) is 2. The summed E-state index contributed by atoms with van der Waals surface area (Å²) in [5.41, 5.74) is 3.80. The van der Waals surface area contributed by atoms with Crippen LogP contribution in [0.15, 0.2) is 66.7 Å². The van der Waals surface area contributed by atoms with Crippen LogP contribution in [0.2, 0.25) is 0 Å². The standard InChI is InChI=1S/C18H16O2/c1-12-8-10-14(11-9-12)16-13(2)18(19)20-17(16)15-6-4-3-5-7-15/h3-11,16-17H,2H2,1H3. The molecule has 1 aliphatic heterocycles. The summed E-state index contributed by atoms with van der Waals surface area (Å²) in [6, 6.07) is 18.0. The van der Waals surface area contributed by atoms with Crippen molar-refractivity contribution in [1.29, 1.82) is 0 Å². The second kappa shape index (κ2) is 4.97. The fourth-order valence-electron chi connectivity index (χ4n) is 2.62. The lowest BCUT2D eigenvalue weighted by Crippen LogP contribution is -2.07. The van der Waals surface area contributed by atoms with Gasteiger partial charge in [-0.2, -0.15) is 0 Å². The van der Waals surface area contributed by atoms with Crippen molar-refractivity contribution in [3.8, 4) is 0 Å². The molecule has 2 unspecified atom stereocenters. The maximum Gasteiger partial charge on any atom is 0.334 e. The third-order valence-corrected chi connectivity index (χ3v) is 3.74. The van der Waals surface area contributed by atoms with E-state index in [0.717, 1.165) is 11.1 Å². The molecule has 0 radical (unpaired) electrons. The Labute approximate surface area is 118 Å². The highest BCUT2D eigenvalue weighted by atomic mass is 16.6. The average molecular weight is 264 g/mol. The molecule has 0 amide bonds. The van der Waals surface area contributed by atoms with E-state index in [-0.39, 0.29) is 18.0 Å². The number of carbonyl (C=O) groups excluding carboxylic acids is 1. The molecule has 1 fully saturated rings. The zero-order valence-corrected chi connectivity index (χ0v) is 11.4. The Morgan fingerprint density at radius 2 is 1.60 bits per heavy atom. The molecule has 100 valence electrons. The van der Waals surface area contributed by atoms with E-state index in [0.29, 0.717) is 5.57 Å². The van der Waals surface area contributed by atoms with Crippen molar-refractivity contribution in [2.45, 2.75) is 18.9 Å². The number of esters is 1. The van der Waals surface area contributed by atoms with Crippen molar-refractivity contribution in [2.24, 2.45) is 0 Å². The van der Waals surface area contributed by atoms with E-state index < -0.39 is 0 Å².